The molecule has 0 bridgehead atoms. The molecule has 18 heavy (non-hydrogen) atoms. The van der Waals surface area contributed by atoms with Crippen LogP contribution in [0.15, 0.2) is 49.3 Å². The lowest BCUT2D eigenvalue weighted by atomic mass is 10.1. The van der Waals surface area contributed by atoms with Crippen molar-refractivity contribution < 1.29 is 0 Å². The number of benzene rings is 1. The maximum atomic E-state index is 4.32. The van der Waals surface area contributed by atoms with E-state index < -0.39 is 0 Å². The average molecular weight is 241 g/mol. The van der Waals surface area contributed by atoms with Crippen LogP contribution in [0, 0.1) is 6.92 Å². The molecule has 0 aliphatic rings. The smallest absolute Gasteiger partial charge is 0.203 e. The second kappa shape index (κ2) is 5.54. The number of nitrogens with one attached hydrogen (secondary N) is 1. The SMILES string of the molecule is C=CCn1ccnc1NC(C)c1ccc(C)cc1. The third-order valence-corrected chi connectivity index (χ3v) is 2.96. The van der Waals surface area contributed by atoms with Gasteiger partial charge in [-0.1, -0.05) is 35.9 Å². The summed E-state index contributed by atoms with van der Waals surface area (Å²) in [6, 6.07) is 8.78. The number of nitrogens with zero attached hydrogens (tertiary/aromatic N) is 2. The lowest BCUT2D eigenvalue weighted by molar-refractivity contribution is 0.784. The molecule has 1 heterocycles. The molecule has 1 aromatic heterocycles. The van der Waals surface area contributed by atoms with Crippen molar-refractivity contribution in [1.29, 1.82) is 0 Å². The molecular weight excluding hydrogens is 222 g/mol. The summed E-state index contributed by atoms with van der Waals surface area (Å²) in [4.78, 5) is 4.32. The number of hydrogen-bond donors (Lipinski definition) is 1. The zero-order chi connectivity index (χ0) is 13.0. The summed E-state index contributed by atoms with van der Waals surface area (Å²) in [6.07, 6.45) is 5.61. The number of aryl methyl sites for hydroxylation is 1. The van der Waals surface area contributed by atoms with Gasteiger partial charge in [0, 0.05) is 18.9 Å². The van der Waals surface area contributed by atoms with E-state index in [4.69, 9.17) is 0 Å². The molecular formula is C15H19N3. The summed E-state index contributed by atoms with van der Waals surface area (Å²) < 4.78 is 2.04. The second-order valence-electron chi connectivity index (χ2n) is 4.47. The van der Waals surface area contributed by atoms with Gasteiger partial charge in [0.15, 0.2) is 0 Å². The Bertz CT molecular complexity index is 511. The van der Waals surface area contributed by atoms with Crippen LogP contribution < -0.4 is 5.32 Å². The predicted molar refractivity (Wildman–Crippen MR) is 75.6 cm³/mol. The lowest BCUT2D eigenvalue weighted by Gasteiger charge is -2.16. The Morgan fingerprint density at radius 1 is 1.39 bits per heavy atom. The Morgan fingerprint density at radius 2 is 2.11 bits per heavy atom. The van der Waals surface area contributed by atoms with E-state index in [2.05, 4.69) is 55.0 Å². The van der Waals surface area contributed by atoms with E-state index in [1.54, 1.807) is 6.20 Å². The van der Waals surface area contributed by atoms with E-state index in [1.807, 2.05) is 16.8 Å². The van der Waals surface area contributed by atoms with E-state index >= 15 is 0 Å². The standard InChI is InChI=1S/C15H19N3/c1-4-10-18-11-9-16-15(18)17-13(3)14-7-5-12(2)6-8-14/h4-9,11,13H,1,10H2,2-3H3,(H,16,17). The summed E-state index contributed by atoms with van der Waals surface area (Å²) in [7, 11) is 0. The first-order valence-corrected chi connectivity index (χ1v) is 6.16. The minimum absolute atomic E-state index is 0.233. The van der Waals surface area contributed by atoms with E-state index in [1.165, 1.54) is 11.1 Å². The van der Waals surface area contributed by atoms with Crippen molar-refractivity contribution in [3.05, 3.63) is 60.4 Å². The molecule has 0 saturated heterocycles. The Hall–Kier alpha value is -2.03. The summed E-state index contributed by atoms with van der Waals surface area (Å²) in [6.45, 7) is 8.75. The molecule has 0 spiro atoms. The van der Waals surface area contributed by atoms with E-state index in [9.17, 15) is 0 Å². The van der Waals surface area contributed by atoms with Crippen molar-refractivity contribution in [3.8, 4) is 0 Å². The second-order valence-corrected chi connectivity index (χ2v) is 4.47. The van der Waals surface area contributed by atoms with Gasteiger partial charge in [-0.3, -0.25) is 0 Å². The maximum absolute atomic E-state index is 4.32. The van der Waals surface area contributed by atoms with Gasteiger partial charge in [0.1, 0.15) is 0 Å². The monoisotopic (exact) mass is 241 g/mol. The van der Waals surface area contributed by atoms with Crippen LogP contribution in [0.5, 0.6) is 0 Å². The highest BCUT2D eigenvalue weighted by Gasteiger charge is 2.08. The van der Waals surface area contributed by atoms with Gasteiger partial charge >= 0.3 is 0 Å². The minimum atomic E-state index is 0.233. The molecule has 0 fully saturated rings. The van der Waals surface area contributed by atoms with Crippen LogP contribution in [-0.4, -0.2) is 9.55 Å². The quantitative estimate of drug-likeness (QED) is 0.811. The number of rotatable bonds is 5. The summed E-state index contributed by atoms with van der Waals surface area (Å²) in [5.41, 5.74) is 2.54. The Kier molecular flexibility index (Phi) is 3.82. The number of aromatic nitrogens is 2. The molecule has 2 aromatic rings. The van der Waals surface area contributed by atoms with E-state index in [-0.39, 0.29) is 6.04 Å². The van der Waals surface area contributed by atoms with E-state index in [0.29, 0.717) is 0 Å². The van der Waals surface area contributed by atoms with Crippen molar-refractivity contribution in [3.63, 3.8) is 0 Å². The zero-order valence-corrected chi connectivity index (χ0v) is 10.9. The Morgan fingerprint density at radius 3 is 2.78 bits per heavy atom. The van der Waals surface area contributed by atoms with Gasteiger partial charge in [-0.2, -0.15) is 0 Å². The van der Waals surface area contributed by atoms with Crippen molar-refractivity contribution in [2.24, 2.45) is 0 Å². The molecule has 1 unspecified atom stereocenters. The predicted octanol–water partition coefficient (Wildman–Crippen LogP) is 3.55. The maximum Gasteiger partial charge on any atom is 0.203 e. The first kappa shape index (κ1) is 12.4. The first-order chi connectivity index (χ1) is 8.70. The fourth-order valence-electron chi connectivity index (χ4n) is 1.87. The minimum Gasteiger partial charge on any atom is -0.349 e. The van der Waals surface area contributed by atoms with Crippen molar-refractivity contribution in [1.82, 2.24) is 9.55 Å². The molecule has 3 nitrogen and oxygen atoms in total. The van der Waals surface area contributed by atoms with Crippen LogP contribution in [-0.2, 0) is 6.54 Å². The Balaban J connectivity index is 2.10. The molecule has 1 N–H and O–H groups in total. The summed E-state index contributed by atoms with van der Waals surface area (Å²) in [5, 5.41) is 3.42. The van der Waals surface area contributed by atoms with Crippen molar-refractivity contribution in [2.75, 3.05) is 5.32 Å². The fraction of sp³-hybridized carbons (Fsp3) is 0.267. The summed E-state index contributed by atoms with van der Waals surface area (Å²) in [5.74, 6) is 0.878. The van der Waals surface area contributed by atoms with Crippen molar-refractivity contribution >= 4 is 5.95 Å². The molecule has 0 radical (unpaired) electrons. The molecule has 94 valence electrons. The van der Waals surface area contributed by atoms with Crippen LogP contribution in [0.2, 0.25) is 0 Å². The molecule has 0 amide bonds. The van der Waals surface area contributed by atoms with Gasteiger partial charge < -0.3 is 9.88 Å². The largest absolute Gasteiger partial charge is 0.349 e. The van der Waals surface area contributed by atoms with Crippen LogP contribution in [0.4, 0.5) is 5.95 Å². The van der Waals surface area contributed by atoms with E-state index in [0.717, 1.165) is 12.5 Å². The molecule has 0 saturated carbocycles. The Labute approximate surface area is 108 Å². The summed E-state index contributed by atoms with van der Waals surface area (Å²) >= 11 is 0. The highest BCUT2D eigenvalue weighted by Crippen LogP contribution is 2.18. The topological polar surface area (TPSA) is 29.9 Å². The fourth-order valence-corrected chi connectivity index (χ4v) is 1.87. The highest BCUT2D eigenvalue weighted by atomic mass is 15.2. The number of allylic oxidation sites excluding steroid dienone is 1. The molecule has 0 aliphatic heterocycles. The average Bonchev–Trinajstić information content (AvgIpc) is 2.78. The first-order valence-electron chi connectivity index (χ1n) is 6.16. The van der Waals surface area contributed by atoms with Crippen molar-refractivity contribution in [2.45, 2.75) is 26.4 Å². The van der Waals surface area contributed by atoms with Gasteiger partial charge in [0.25, 0.3) is 0 Å². The number of imidazole rings is 1. The normalized spacial score (nSPS) is 12.1. The third kappa shape index (κ3) is 2.80. The zero-order valence-electron chi connectivity index (χ0n) is 10.9. The van der Waals surface area contributed by atoms with Gasteiger partial charge in [-0.15, -0.1) is 6.58 Å². The lowest BCUT2D eigenvalue weighted by Crippen LogP contribution is -2.11. The van der Waals surface area contributed by atoms with Gasteiger partial charge in [0.05, 0.1) is 6.04 Å². The van der Waals surface area contributed by atoms with Crippen LogP contribution in [0.3, 0.4) is 0 Å². The molecule has 2 rings (SSSR count). The highest BCUT2D eigenvalue weighted by molar-refractivity contribution is 5.33. The van der Waals surface area contributed by atoms with Crippen LogP contribution in [0.1, 0.15) is 24.1 Å². The number of anilines is 1. The van der Waals surface area contributed by atoms with Gasteiger partial charge in [0.2, 0.25) is 5.95 Å². The number of hydrogen-bond acceptors (Lipinski definition) is 2. The third-order valence-electron chi connectivity index (χ3n) is 2.96. The van der Waals surface area contributed by atoms with Crippen LogP contribution in [0.25, 0.3) is 0 Å². The van der Waals surface area contributed by atoms with Gasteiger partial charge in [-0.25, -0.2) is 4.98 Å². The molecule has 1 atom stereocenters. The van der Waals surface area contributed by atoms with Gasteiger partial charge in [-0.05, 0) is 19.4 Å². The molecule has 0 aliphatic carbocycles. The molecule has 3 heteroatoms. The van der Waals surface area contributed by atoms with Crippen LogP contribution >= 0.6 is 0 Å². The molecule has 1 aromatic carbocycles.